The molecule has 1 aliphatic carbocycles. The molecule has 3 rings (SSSR count). The minimum Gasteiger partial charge on any atom is -0.359 e. The quantitative estimate of drug-likeness (QED) is 0.750. The van der Waals surface area contributed by atoms with Crippen molar-refractivity contribution < 1.29 is 9.59 Å². The summed E-state index contributed by atoms with van der Waals surface area (Å²) in [4.78, 5) is 27.9. The Hall–Kier alpha value is -2.55. The summed E-state index contributed by atoms with van der Waals surface area (Å²) in [7, 11) is 0. The third-order valence-corrected chi connectivity index (χ3v) is 6.66. The van der Waals surface area contributed by atoms with Crippen molar-refractivity contribution in [3.63, 3.8) is 0 Å². The van der Waals surface area contributed by atoms with Crippen LogP contribution in [0.1, 0.15) is 77.2 Å². The minimum atomic E-state index is -0.730. The number of nitrogens with one attached hydrogen (secondary N) is 2. The molecular formula is C24H34N4O2. The van der Waals surface area contributed by atoms with Gasteiger partial charge in [0, 0.05) is 17.8 Å². The van der Waals surface area contributed by atoms with Gasteiger partial charge in [-0.3, -0.25) is 9.59 Å². The number of benzene rings is 1. The molecule has 3 atom stereocenters. The van der Waals surface area contributed by atoms with E-state index < -0.39 is 5.54 Å². The van der Waals surface area contributed by atoms with Gasteiger partial charge in [0.05, 0.1) is 18.5 Å². The first kappa shape index (κ1) is 22.1. The highest BCUT2D eigenvalue weighted by molar-refractivity contribution is 5.88. The maximum absolute atomic E-state index is 12.9. The van der Waals surface area contributed by atoms with Gasteiger partial charge in [0.2, 0.25) is 11.8 Å². The van der Waals surface area contributed by atoms with Crippen molar-refractivity contribution in [2.24, 2.45) is 0 Å². The lowest BCUT2D eigenvalue weighted by atomic mass is 9.82. The average molecular weight is 411 g/mol. The number of para-hydroxylation sites is 1. The van der Waals surface area contributed by atoms with Gasteiger partial charge in [0.15, 0.2) is 0 Å². The molecule has 1 heterocycles. The van der Waals surface area contributed by atoms with Gasteiger partial charge in [0.1, 0.15) is 5.54 Å². The maximum Gasteiger partial charge on any atom is 0.240 e. The monoisotopic (exact) mass is 410 g/mol. The van der Waals surface area contributed by atoms with E-state index in [1.54, 1.807) is 0 Å². The first-order valence-corrected chi connectivity index (χ1v) is 11.3. The lowest BCUT2D eigenvalue weighted by Gasteiger charge is -2.41. The lowest BCUT2D eigenvalue weighted by Crippen LogP contribution is -2.54. The number of carbonyl (C=O) groups is 2. The third kappa shape index (κ3) is 4.77. The zero-order valence-corrected chi connectivity index (χ0v) is 18.4. The van der Waals surface area contributed by atoms with Crippen LogP contribution in [-0.2, 0) is 9.59 Å². The molecule has 0 saturated heterocycles. The molecule has 162 valence electrons. The highest BCUT2D eigenvalue weighted by atomic mass is 16.2. The molecule has 30 heavy (non-hydrogen) atoms. The summed E-state index contributed by atoms with van der Waals surface area (Å²) in [5.41, 5.74) is 1.18. The molecule has 0 unspecified atom stereocenters. The Bertz CT molecular complexity index is 810. The van der Waals surface area contributed by atoms with Crippen molar-refractivity contribution >= 4 is 17.5 Å². The Morgan fingerprint density at radius 1 is 1.27 bits per heavy atom. The predicted octanol–water partition coefficient (Wildman–Crippen LogP) is 3.63. The van der Waals surface area contributed by atoms with Gasteiger partial charge >= 0.3 is 0 Å². The Kier molecular flexibility index (Phi) is 7.02. The van der Waals surface area contributed by atoms with E-state index in [9.17, 15) is 14.9 Å². The number of amides is 2. The van der Waals surface area contributed by atoms with Gasteiger partial charge < -0.3 is 15.5 Å². The minimum absolute atomic E-state index is 0.0442. The van der Waals surface area contributed by atoms with E-state index in [4.69, 9.17) is 0 Å². The van der Waals surface area contributed by atoms with Crippen molar-refractivity contribution in [2.45, 2.75) is 89.3 Å². The van der Waals surface area contributed by atoms with Crippen LogP contribution in [0, 0.1) is 11.3 Å². The van der Waals surface area contributed by atoms with Crippen LogP contribution in [0.5, 0.6) is 0 Å². The van der Waals surface area contributed by atoms with Crippen LogP contribution in [0.3, 0.4) is 0 Å². The number of carbonyl (C=O) groups excluding carboxylic acids is 2. The largest absolute Gasteiger partial charge is 0.359 e. The number of nitriles is 1. The highest BCUT2D eigenvalue weighted by Crippen LogP contribution is 2.38. The smallest absolute Gasteiger partial charge is 0.240 e. The van der Waals surface area contributed by atoms with E-state index >= 15 is 0 Å². The summed E-state index contributed by atoms with van der Waals surface area (Å²) in [5, 5.41) is 15.8. The van der Waals surface area contributed by atoms with Crippen LogP contribution >= 0.6 is 0 Å². The van der Waals surface area contributed by atoms with Gasteiger partial charge in [-0.05, 0) is 51.2 Å². The fourth-order valence-corrected chi connectivity index (χ4v) is 4.69. The maximum atomic E-state index is 12.9. The van der Waals surface area contributed by atoms with Gasteiger partial charge in [0.25, 0.3) is 0 Å². The first-order valence-electron chi connectivity index (χ1n) is 11.3. The van der Waals surface area contributed by atoms with E-state index in [0.29, 0.717) is 6.42 Å². The summed E-state index contributed by atoms with van der Waals surface area (Å²) in [5.74, 6) is -0.283. The van der Waals surface area contributed by atoms with Crippen molar-refractivity contribution in [2.75, 3.05) is 11.4 Å². The molecule has 1 fully saturated rings. The van der Waals surface area contributed by atoms with Gasteiger partial charge in [-0.15, -0.1) is 0 Å². The fourth-order valence-electron chi connectivity index (χ4n) is 4.69. The lowest BCUT2D eigenvalue weighted by molar-refractivity contribution is -0.123. The molecule has 1 aromatic carbocycles. The molecule has 2 amide bonds. The van der Waals surface area contributed by atoms with Crippen LogP contribution in [-0.4, -0.2) is 36.0 Å². The standard InChI is InChI=1S/C24H34N4O2/c1-4-17(2)26-23(30)20-14-18(3)28(21-11-7-6-10-19(20)21)15-22(29)27-24(16-25)12-8-5-9-13-24/h6-7,10-11,17-18,20H,4-5,8-9,12-15H2,1-3H3,(H,26,30)(H,27,29)/t17-,18+,20-/m0/s1. The van der Waals surface area contributed by atoms with Crippen molar-refractivity contribution in [3.05, 3.63) is 29.8 Å². The molecule has 6 nitrogen and oxygen atoms in total. The molecule has 0 bridgehead atoms. The Morgan fingerprint density at radius 2 is 1.97 bits per heavy atom. The second-order valence-electron chi connectivity index (χ2n) is 8.94. The SMILES string of the molecule is CC[C@H](C)NC(=O)[C@H]1C[C@@H](C)N(CC(=O)NC2(C#N)CCCCC2)c2ccccc21. The molecule has 1 saturated carbocycles. The molecule has 2 N–H and O–H groups in total. The topological polar surface area (TPSA) is 85.2 Å². The highest BCUT2D eigenvalue weighted by Gasteiger charge is 2.37. The molecule has 1 aliphatic heterocycles. The molecule has 0 radical (unpaired) electrons. The summed E-state index contributed by atoms with van der Waals surface area (Å²) < 4.78 is 0. The molecule has 1 aromatic rings. The molecule has 2 aliphatic rings. The molecular weight excluding hydrogens is 376 g/mol. The Balaban J connectivity index is 1.77. The zero-order chi connectivity index (χ0) is 21.7. The molecule has 0 spiro atoms. The van der Waals surface area contributed by atoms with Crippen LogP contribution in [0.25, 0.3) is 0 Å². The number of nitrogens with zero attached hydrogens (tertiary/aromatic N) is 2. The van der Waals surface area contributed by atoms with Crippen molar-refractivity contribution in [3.8, 4) is 6.07 Å². The normalized spacial score (nSPS) is 23.6. The van der Waals surface area contributed by atoms with E-state index in [1.807, 2.05) is 31.2 Å². The zero-order valence-electron chi connectivity index (χ0n) is 18.4. The fraction of sp³-hybridized carbons (Fsp3) is 0.625. The summed E-state index contributed by atoms with van der Waals surface area (Å²) in [6.45, 7) is 6.33. The molecule has 0 aromatic heterocycles. The van der Waals surface area contributed by atoms with E-state index in [0.717, 1.165) is 49.8 Å². The predicted molar refractivity (Wildman–Crippen MR) is 118 cm³/mol. The number of fused-ring (bicyclic) bond motifs is 1. The van der Waals surface area contributed by atoms with E-state index in [1.165, 1.54) is 0 Å². The summed E-state index contributed by atoms with van der Waals surface area (Å²) in [6, 6.07) is 10.4. The third-order valence-electron chi connectivity index (χ3n) is 6.66. The van der Waals surface area contributed by atoms with Crippen molar-refractivity contribution in [1.29, 1.82) is 5.26 Å². The Labute approximate surface area is 180 Å². The van der Waals surface area contributed by atoms with E-state index in [-0.39, 0.29) is 36.4 Å². The average Bonchev–Trinajstić information content (AvgIpc) is 2.75. The van der Waals surface area contributed by atoms with Gasteiger partial charge in [-0.25, -0.2) is 0 Å². The second kappa shape index (κ2) is 9.51. The second-order valence-corrected chi connectivity index (χ2v) is 8.94. The van der Waals surface area contributed by atoms with E-state index in [2.05, 4.69) is 35.5 Å². The number of hydrogen-bond donors (Lipinski definition) is 2. The summed E-state index contributed by atoms with van der Waals surface area (Å²) in [6.07, 6.45) is 6.07. The Morgan fingerprint density at radius 3 is 2.63 bits per heavy atom. The van der Waals surface area contributed by atoms with Crippen LogP contribution in [0.4, 0.5) is 5.69 Å². The number of rotatable bonds is 6. The van der Waals surface area contributed by atoms with Crippen molar-refractivity contribution in [1.82, 2.24) is 10.6 Å². The van der Waals surface area contributed by atoms with Crippen LogP contribution in [0.2, 0.25) is 0 Å². The van der Waals surface area contributed by atoms with Crippen LogP contribution in [0.15, 0.2) is 24.3 Å². The molecule has 6 heteroatoms. The number of anilines is 1. The van der Waals surface area contributed by atoms with Gasteiger partial charge in [-0.2, -0.15) is 5.26 Å². The number of hydrogen-bond acceptors (Lipinski definition) is 4. The van der Waals surface area contributed by atoms with Gasteiger partial charge in [-0.1, -0.05) is 44.4 Å². The summed E-state index contributed by atoms with van der Waals surface area (Å²) >= 11 is 0. The van der Waals surface area contributed by atoms with Crippen LogP contribution < -0.4 is 15.5 Å². The first-order chi connectivity index (χ1) is 14.4.